The maximum absolute atomic E-state index is 7.43. The monoisotopic (exact) mass is 682 g/mol. The van der Waals surface area contributed by atoms with E-state index in [1.165, 1.54) is 5.57 Å². The zero-order chi connectivity index (χ0) is 33.8. The van der Waals surface area contributed by atoms with E-state index in [0.717, 1.165) is 41.5 Å². The van der Waals surface area contributed by atoms with E-state index in [4.69, 9.17) is 34.9 Å². The number of fused-ring (bicyclic) bond motifs is 1. The van der Waals surface area contributed by atoms with E-state index in [-0.39, 0.29) is 0 Å². The van der Waals surface area contributed by atoms with Crippen molar-refractivity contribution in [2.24, 2.45) is 5.92 Å². The molecule has 2 fully saturated rings. The van der Waals surface area contributed by atoms with Crippen molar-refractivity contribution >= 4 is 18.5 Å². The van der Waals surface area contributed by atoms with Crippen molar-refractivity contribution in [2.45, 2.75) is 83.1 Å². The molecule has 5 nitrogen and oxygen atoms in total. The lowest BCUT2D eigenvalue weighted by molar-refractivity contribution is -0.176. The van der Waals surface area contributed by atoms with Crippen molar-refractivity contribution in [1.82, 2.24) is 0 Å². The first-order valence-corrected chi connectivity index (χ1v) is 19.5. The van der Waals surface area contributed by atoms with Gasteiger partial charge in [-0.05, 0) is 86.9 Å². The lowest BCUT2D eigenvalue weighted by Gasteiger charge is -2.41. The third-order valence-electron chi connectivity index (χ3n) is 9.29. The molecule has 4 aromatic carbocycles. The van der Waals surface area contributed by atoms with Gasteiger partial charge in [-0.15, -0.1) is 0 Å². The van der Waals surface area contributed by atoms with Gasteiger partial charge in [0.15, 0.2) is 17.0 Å². The van der Waals surface area contributed by atoms with Gasteiger partial charge >= 0.3 is 6.72 Å². The predicted molar refractivity (Wildman–Crippen MR) is 196 cm³/mol. The Bertz CT molecular complexity index is 1520. The van der Waals surface area contributed by atoms with Gasteiger partial charge in [0.1, 0.15) is 12.2 Å². The summed E-state index contributed by atoms with van der Waals surface area (Å²) in [6, 6.07) is 40.7. The zero-order valence-electron chi connectivity index (χ0n) is 28.6. The van der Waals surface area contributed by atoms with Crippen molar-refractivity contribution < 1.29 is 23.0 Å². The van der Waals surface area contributed by atoms with Gasteiger partial charge in [-0.3, -0.25) is 9.05 Å². The fraction of sp³-hybridized carbons (Fsp3) is 0.366. The van der Waals surface area contributed by atoms with Crippen molar-refractivity contribution in [3.05, 3.63) is 155 Å². The van der Waals surface area contributed by atoms with E-state index < -0.39 is 35.9 Å². The fourth-order valence-electron chi connectivity index (χ4n) is 6.99. The van der Waals surface area contributed by atoms with Crippen LogP contribution in [0.5, 0.6) is 0 Å². The first-order valence-electron chi connectivity index (χ1n) is 17.0. The average molecular weight is 683 g/mol. The Morgan fingerprint density at radius 1 is 0.688 bits per heavy atom. The van der Waals surface area contributed by atoms with Gasteiger partial charge in [0, 0.05) is 0 Å². The molecule has 6 rings (SSSR count). The summed E-state index contributed by atoms with van der Waals surface area (Å²) in [4.78, 5) is 0. The number of hydrogen-bond donors (Lipinski definition) is 0. The molecule has 252 valence electrons. The molecule has 0 N–H and O–H groups in total. The maximum Gasteiger partial charge on any atom is 0.329 e. The van der Waals surface area contributed by atoms with Gasteiger partial charge in [-0.1, -0.05) is 140 Å². The van der Waals surface area contributed by atoms with E-state index >= 15 is 0 Å². The van der Waals surface area contributed by atoms with Crippen LogP contribution < -0.4 is 0 Å². The SMILES string of the molecule is CC(C)=CCC[C@@H](C)CCOP1(=S)OC(c2ccccc2)(c2ccccc2)[C@@H]2OC(C)(C)O[C@H]2C(c2ccccc2)(c2ccccc2)O1. The van der Waals surface area contributed by atoms with E-state index in [2.05, 4.69) is 75.4 Å². The highest BCUT2D eigenvalue weighted by Gasteiger charge is 2.68. The molecule has 3 atom stereocenters. The summed E-state index contributed by atoms with van der Waals surface area (Å²) in [6.45, 7) is 7.25. The highest BCUT2D eigenvalue weighted by molar-refractivity contribution is 8.07. The lowest BCUT2D eigenvalue weighted by Crippen LogP contribution is -2.53. The van der Waals surface area contributed by atoms with Crippen LogP contribution in [0.4, 0.5) is 0 Å². The lowest BCUT2D eigenvalue weighted by atomic mass is 9.72. The third kappa shape index (κ3) is 7.04. The highest BCUT2D eigenvalue weighted by Crippen LogP contribution is 2.69. The van der Waals surface area contributed by atoms with Crippen LogP contribution in [-0.2, 0) is 46.1 Å². The second-order valence-corrected chi connectivity index (χ2v) is 16.5. The summed E-state index contributed by atoms with van der Waals surface area (Å²) < 4.78 is 35.7. The number of ether oxygens (including phenoxy) is 2. The third-order valence-corrected chi connectivity index (χ3v) is 11.6. The molecule has 0 aliphatic carbocycles. The Morgan fingerprint density at radius 3 is 1.42 bits per heavy atom. The molecule has 0 amide bonds. The van der Waals surface area contributed by atoms with Crippen LogP contribution in [0.3, 0.4) is 0 Å². The van der Waals surface area contributed by atoms with Crippen LogP contribution in [0.25, 0.3) is 0 Å². The normalized spacial score (nSPS) is 22.6. The van der Waals surface area contributed by atoms with Gasteiger partial charge in [-0.25, -0.2) is 0 Å². The summed E-state index contributed by atoms with van der Waals surface area (Å²) in [5.74, 6) is -0.533. The van der Waals surface area contributed by atoms with Crippen LogP contribution in [0.15, 0.2) is 133 Å². The van der Waals surface area contributed by atoms with Crippen molar-refractivity contribution in [1.29, 1.82) is 0 Å². The van der Waals surface area contributed by atoms with E-state index in [0.29, 0.717) is 12.5 Å². The minimum atomic E-state index is -3.59. The van der Waals surface area contributed by atoms with Gasteiger partial charge in [0.25, 0.3) is 0 Å². The Kier molecular flexibility index (Phi) is 10.6. The smallest absolute Gasteiger partial charge is 0.329 e. The summed E-state index contributed by atoms with van der Waals surface area (Å²) in [5.41, 5.74) is 2.45. The Morgan fingerprint density at radius 2 is 1.06 bits per heavy atom. The molecular weight excluding hydrogens is 635 g/mol. The second-order valence-electron chi connectivity index (χ2n) is 13.6. The van der Waals surface area contributed by atoms with Gasteiger partial charge in [0.2, 0.25) is 0 Å². The molecular formula is C41H47O5PS. The zero-order valence-corrected chi connectivity index (χ0v) is 30.3. The molecule has 4 aromatic rings. The van der Waals surface area contributed by atoms with E-state index in [1.807, 2.05) is 86.6 Å². The van der Waals surface area contributed by atoms with Crippen molar-refractivity contribution in [2.75, 3.05) is 6.61 Å². The first-order chi connectivity index (χ1) is 23.1. The first kappa shape index (κ1) is 34.9. The minimum absolute atomic E-state index is 0.398. The van der Waals surface area contributed by atoms with Crippen LogP contribution in [0.2, 0.25) is 0 Å². The minimum Gasteiger partial charge on any atom is -0.341 e. The molecule has 0 spiro atoms. The number of rotatable bonds is 11. The van der Waals surface area contributed by atoms with Crippen LogP contribution in [0.1, 0.15) is 76.1 Å². The Hall–Kier alpha value is -2.93. The molecule has 0 bridgehead atoms. The summed E-state index contributed by atoms with van der Waals surface area (Å²) in [5, 5.41) is 0. The largest absolute Gasteiger partial charge is 0.341 e. The fourth-order valence-corrected chi connectivity index (χ4v) is 9.73. The van der Waals surface area contributed by atoms with Gasteiger partial charge in [-0.2, -0.15) is 0 Å². The average Bonchev–Trinajstić information content (AvgIpc) is 3.39. The van der Waals surface area contributed by atoms with Crippen LogP contribution >= 0.6 is 6.72 Å². The Balaban J connectivity index is 1.57. The standard InChI is InChI=1S/C41H47O5PS/c1-31(2)19-18-20-32(3)29-30-42-47(48)45-40(33-21-10-6-11-22-33,34-23-12-7-13-24-34)37-38(44-39(4,5)43-37)41(46-47,35-25-14-8-15-26-35)36-27-16-9-17-28-36/h6-17,19,21-28,32,37-38H,18,20,29-30H2,1-5H3/t32-,37-,38-/m1/s1. The molecule has 0 radical (unpaired) electrons. The molecule has 2 aliphatic rings. The van der Waals surface area contributed by atoms with E-state index in [1.54, 1.807) is 0 Å². The van der Waals surface area contributed by atoms with Gasteiger partial charge in [0.05, 0.1) is 6.61 Å². The van der Waals surface area contributed by atoms with E-state index in [9.17, 15) is 0 Å². The van der Waals surface area contributed by atoms with Crippen LogP contribution in [-0.4, -0.2) is 24.6 Å². The molecule has 7 heteroatoms. The highest BCUT2D eigenvalue weighted by atomic mass is 32.5. The number of benzene rings is 4. The van der Waals surface area contributed by atoms with Crippen molar-refractivity contribution in [3.63, 3.8) is 0 Å². The second kappa shape index (κ2) is 14.5. The number of allylic oxidation sites excluding steroid dienone is 2. The molecule has 0 unspecified atom stereocenters. The van der Waals surface area contributed by atoms with Gasteiger partial charge < -0.3 is 14.0 Å². The topological polar surface area (TPSA) is 46.2 Å². The molecule has 48 heavy (non-hydrogen) atoms. The maximum atomic E-state index is 7.43. The summed E-state index contributed by atoms with van der Waals surface area (Å²) in [7, 11) is 0. The summed E-state index contributed by atoms with van der Waals surface area (Å²) >= 11 is 6.57. The summed E-state index contributed by atoms with van der Waals surface area (Å²) in [6.07, 6.45) is 3.84. The predicted octanol–water partition coefficient (Wildman–Crippen LogP) is 10.5. The molecule has 2 heterocycles. The van der Waals surface area contributed by atoms with Crippen LogP contribution in [0, 0.1) is 5.92 Å². The molecule has 0 aromatic heterocycles. The Labute approximate surface area is 291 Å². The molecule has 2 saturated heterocycles. The molecule has 0 saturated carbocycles. The quantitative estimate of drug-likeness (QED) is 0.116. The number of hydrogen-bond acceptors (Lipinski definition) is 6. The van der Waals surface area contributed by atoms with Crippen molar-refractivity contribution in [3.8, 4) is 0 Å². The molecule has 2 aliphatic heterocycles.